The first-order valence-electron chi connectivity index (χ1n) is 6.79. The molecule has 0 radical (unpaired) electrons. The second kappa shape index (κ2) is 6.95. The molecule has 0 bridgehead atoms. The summed E-state index contributed by atoms with van der Waals surface area (Å²) in [5.41, 5.74) is 1.65. The van der Waals surface area contributed by atoms with Gasteiger partial charge in [-0.2, -0.15) is 0 Å². The molecule has 0 aliphatic heterocycles. The number of amides is 1. The van der Waals surface area contributed by atoms with Crippen LogP contribution in [0, 0.1) is 0 Å². The van der Waals surface area contributed by atoms with E-state index in [1.807, 2.05) is 54.2 Å². The first kappa shape index (κ1) is 15.1. The van der Waals surface area contributed by atoms with Crippen LogP contribution >= 0.6 is 0 Å². The van der Waals surface area contributed by atoms with Gasteiger partial charge >= 0.3 is 0 Å². The molecule has 5 heteroatoms. The molecule has 2 rings (SSSR count). The summed E-state index contributed by atoms with van der Waals surface area (Å²) in [6, 6.07) is 11.1. The van der Waals surface area contributed by atoms with Gasteiger partial charge in [-0.15, -0.1) is 0 Å². The zero-order valence-corrected chi connectivity index (χ0v) is 12.2. The lowest BCUT2D eigenvalue weighted by Gasteiger charge is -2.13. The van der Waals surface area contributed by atoms with Crippen LogP contribution in [-0.4, -0.2) is 29.2 Å². The molecule has 1 aromatic heterocycles. The van der Waals surface area contributed by atoms with Crippen LogP contribution in [-0.2, 0) is 18.3 Å². The topological polar surface area (TPSA) is 63.5 Å². The van der Waals surface area contributed by atoms with Crippen LogP contribution in [0.1, 0.15) is 17.4 Å². The van der Waals surface area contributed by atoms with E-state index >= 15 is 0 Å². The summed E-state index contributed by atoms with van der Waals surface area (Å²) in [6.45, 7) is 0.195. The van der Waals surface area contributed by atoms with E-state index in [0.29, 0.717) is 0 Å². The van der Waals surface area contributed by atoms with Gasteiger partial charge in [0.05, 0.1) is 13.5 Å². The second-order valence-corrected chi connectivity index (χ2v) is 4.89. The van der Waals surface area contributed by atoms with E-state index in [9.17, 15) is 9.90 Å². The van der Waals surface area contributed by atoms with Crippen LogP contribution < -0.4 is 10.1 Å². The number of ether oxygens (including phenoxy) is 1. The van der Waals surface area contributed by atoms with Crippen molar-refractivity contribution in [2.45, 2.75) is 12.5 Å². The number of nitrogens with one attached hydrogen (secondary N) is 1. The third kappa shape index (κ3) is 4.10. The lowest BCUT2D eigenvalue weighted by molar-refractivity contribution is -0.120. The molecule has 112 valence electrons. The van der Waals surface area contributed by atoms with Crippen molar-refractivity contribution in [2.24, 2.45) is 7.05 Å². The fourth-order valence-electron chi connectivity index (χ4n) is 2.17. The Morgan fingerprint density at radius 3 is 2.86 bits per heavy atom. The Morgan fingerprint density at radius 2 is 2.19 bits per heavy atom. The summed E-state index contributed by atoms with van der Waals surface area (Å²) in [7, 11) is 3.45. The van der Waals surface area contributed by atoms with Gasteiger partial charge in [0.1, 0.15) is 11.9 Å². The first-order chi connectivity index (χ1) is 10.1. The molecule has 1 amide bonds. The van der Waals surface area contributed by atoms with Crippen molar-refractivity contribution < 1.29 is 14.6 Å². The van der Waals surface area contributed by atoms with E-state index in [1.54, 1.807) is 7.11 Å². The molecule has 21 heavy (non-hydrogen) atoms. The van der Waals surface area contributed by atoms with Gasteiger partial charge in [0.25, 0.3) is 0 Å². The minimum atomic E-state index is -0.709. The molecule has 1 atom stereocenters. The SMILES string of the molecule is COc1cccc(CC(=O)NCC(O)c2cccn2C)c1. The molecule has 1 aromatic carbocycles. The number of hydrogen-bond donors (Lipinski definition) is 2. The fraction of sp³-hybridized carbons (Fsp3) is 0.312. The van der Waals surface area contributed by atoms with Crippen molar-refractivity contribution in [1.29, 1.82) is 0 Å². The summed E-state index contributed by atoms with van der Waals surface area (Å²) in [5, 5.41) is 12.8. The minimum absolute atomic E-state index is 0.128. The lowest BCUT2D eigenvalue weighted by Crippen LogP contribution is -2.30. The van der Waals surface area contributed by atoms with Gasteiger partial charge in [-0.1, -0.05) is 12.1 Å². The number of aliphatic hydroxyl groups is 1. The molecular weight excluding hydrogens is 268 g/mol. The van der Waals surface area contributed by atoms with Crippen molar-refractivity contribution in [3.05, 3.63) is 53.9 Å². The monoisotopic (exact) mass is 288 g/mol. The van der Waals surface area contributed by atoms with Crippen LogP contribution in [0.5, 0.6) is 5.75 Å². The van der Waals surface area contributed by atoms with Crippen LogP contribution in [0.2, 0.25) is 0 Å². The molecule has 0 saturated heterocycles. The summed E-state index contributed by atoms with van der Waals surface area (Å²) < 4.78 is 6.95. The quantitative estimate of drug-likeness (QED) is 0.845. The summed E-state index contributed by atoms with van der Waals surface area (Å²) >= 11 is 0. The number of carbonyl (C=O) groups is 1. The maximum atomic E-state index is 11.9. The Labute approximate surface area is 124 Å². The van der Waals surface area contributed by atoms with Crippen molar-refractivity contribution in [3.8, 4) is 5.75 Å². The highest BCUT2D eigenvalue weighted by Crippen LogP contribution is 2.14. The van der Waals surface area contributed by atoms with E-state index in [1.165, 1.54) is 0 Å². The zero-order chi connectivity index (χ0) is 15.2. The summed E-state index contributed by atoms with van der Waals surface area (Å²) in [4.78, 5) is 11.9. The Kier molecular flexibility index (Phi) is 5.00. The van der Waals surface area contributed by atoms with E-state index < -0.39 is 6.10 Å². The largest absolute Gasteiger partial charge is 0.497 e. The highest BCUT2D eigenvalue weighted by atomic mass is 16.5. The second-order valence-electron chi connectivity index (χ2n) is 4.89. The van der Waals surface area contributed by atoms with Crippen LogP contribution in [0.3, 0.4) is 0 Å². The number of nitrogens with zero attached hydrogens (tertiary/aromatic N) is 1. The zero-order valence-electron chi connectivity index (χ0n) is 12.2. The Morgan fingerprint density at radius 1 is 1.38 bits per heavy atom. The van der Waals surface area contributed by atoms with Crippen molar-refractivity contribution in [2.75, 3.05) is 13.7 Å². The Hall–Kier alpha value is -2.27. The van der Waals surface area contributed by atoms with Gasteiger partial charge < -0.3 is 19.7 Å². The summed E-state index contributed by atoms with van der Waals surface area (Å²) in [6.07, 6.45) is 1.41. The number of benzene rings is 1. The van der Waals surface area contributed by atoms with Gasteiger partial charge in [0.15, 0.2) is 0 Å². The third-order valence-electron chi connectivity index (χ3n) is 3.32. The highest BCUT2D eigenvalue weighted by molar-refractivity contribution is 5.78. The van der Waals surface area contributed by atoms with Crippen molar-refractivity contribution >= 4 is 5.91 Å². The molecule has 5 nitrogen and oxygen atoms in total. The van der Waals surface area contributed by atoms with Crippen molar-refractivity contribution in [3.63, 3.8) is 0 Å². The van der Waals surface area contributed by atoms with Crippen molar-refractivity contribution in [1.82, 2.24) is 9.88 Å². The fourth-order valence-corrected chi connectivity index (χ4v) is 2.17. The molecule has 0 saturated carbocycles. The molecule has 0 aliphatic rings. The molecule has 2 aromatic rings. The summed E-state index contributed by atoms with van der Waals surface area (Å²) in [5.74, 6) is 0.598. The Bertz CT molecular complexity index is 607. The van der Waals surface area contributed by atoms with E-state index in [0.717, 1.165) is 17.0 Å². The highest BCUT2D eigenvalue weighted by Gasteiger charge is 2.12. The van der Waals surface area contributed by atoms with E-state index in [4.69, 9.17) is 4.74 Å². The van der Waals surface area contributed by atoms with Gasteiger partial charge in [-0.3, -0.25) is 4.79 Å². The number of hydrogen-bond acceptors (Lipinski definition) is 3. The number of aromatic nitrogens is 1. The smallest absolute Gasteiger partial charge is 0.224 e. The molecule has 2 N–H and O–H groups in total. The third-order valence-corrected chi connectivity index (χ3v) is 3.32. The molecule has 0 spiro atoms. The first-order valence-corrected chi connectivity index (χ1v) is 6.79. The average molecular weight is 288 g/mol. The van der Waals surface area contributed by atoms with Gasteiger partial charge in [-0.25, -0.2) is 0 Å². The number of methoxy groups -OCH3 is 1. The normalized spacial score (nSPS) is 12.0. The minimum Gasteiger partial charge on any atom is -0.497 e. The van der Waals surface area contributed by atoms with Gasteiger partial charge in [-0.05, 0) is 29.8 Å². The van der Waals surface area contributed by atoms with Gasteiger partial charge in [0, 0.05) is 25.5 Å². The predicted octanol–water partition coefficient (Wildman–Crippen LogP) is 1.43. The van der Waals surface area contributed by atoms with Crippen LogP contribution in [0.4, 0.5) is 0 Å². The van der Waals surface area contributed by atoms with Crippen LogP contribution in [0.15, 0.2) is 42.6 Å². The van der Waals surface area contributed by atoms with Crippen LogP contribution in [0.25, 0.3) is 0 Å². The van der Waals surface area contributed by atoms with Gasteiger partial charge in [0.2, 0.25) is 5.91 Å². The number of carbonyl (C=O) groups excluding carboxylic acids is 1. The molecule has 0 fully saturated rings. The molecular formula is C16H20N2O3. The number of aliphatic hydroxyl groups excluding tert-OH is 1. The Balaban J connectivity index is 1.86. The number of aryl methyl sites for hydroxylation is 1. The lowest BCUT2D eigenvalue weighted by atomic mass is 10.1. The average Bonchev–Trinajstić information content (AvgIpc) is 2.91. The maximum absolute atomic E-state index is 11.9. The predicted molar refractivity (Wildman–Crippen MR) is 80.1 cm³/mol. The molecule has 1 unspecified atom stereocenters. The van der Waals surface area contributed by atoms with E-state index in [-0.39, 0.29) is 18.9 Å². The molecule has 0 aliphatic carbocycles. The maximum Gasteiger partial charge on any atom is 0.224 e. The number of rotatable bonds is 6. The van der Waals surface area contributed by atoms with E-state index in [2.05, 4.69) is 5.32 Å². The standard InChI is InChI=1S/C16H20N2O3/c1-18-8-4-7-14(18)15(19)11-17-16(20)10-12-5-3-6-13(9-12)21-2/h3-9,15,19H,10-11H2,1-2H3,(H,17,20). The molecule has 1 heterocycles.